The largest absolute Gasteiger partial charge is 0.436 e. The Hall–Kier alpha value is -2.88. The van der Waals surface area contributed by atoms with Crippen molar-refractivity contribution in [3.05, 3.63) is 65.9 Å². The van der Waals surface area contributed by atoms with E-state index in [9.17, 15) is 4.79 Å². The summed E-state index contributed by atoms with van der Waals surface area (Å²) in [4.78, 5) is 17.1. The molecule has 1 atom stereocenters. The first-order chi connectivity index (χ1) is 12.6. The van der Waals surface area contributed by atoms with Crippen molar-refractivity contribution >= 4 is 5.91 Å². The van der Waals surface area contributed by atoms with E-state index in [1.807, 2.05) is 55.5 Å². The van der Waals surface area contributed by atoms with Crippen LogP contribution in [0.3, 0.4) is 0 Å². The number of oxazole rings is 1. The molecule has 1 aliphatic carbocycles. The van der Waals surface area contributed by atoms with Crippen LogP contribution in [-0.2, 0) is 0 Å². The number of carbonyl (C=O) groups is 1. The zero-order valence-electron chi connectivity index (χ0n) is 15.0. The SMILES string of the molecule is Cc1ccc(-c2cnc(-c3ccccc3C(=O)NC(C)C3CC3)o2)cc1. The summed E-state index contributed by atoms with van der Waals surface area (Å²) in [5.74, 6) is 1.70. The van der Waals surface area contributed by atoms with E-state index in [-0.39, 0.29) is 11.9 Å². The van der Waals surface area contributed by atoms with Crippen LogP contribution < -0.4 is 5.32 Å². The van der Waals surface area contributed by atoms with E-state index in [2.05, 4.69) is 17.2 Å². The molecule has 1 saturated carbocycles. The van der Waals surface area contributed by atoms with Crippen LogP contribution >= 0.6 is 0 Å². The summed E-state index contributed by atoms with van der Waals surface area (Å²) >= 11 is 0. The smallest absolute Gasteiger partial charge is 0.252 e. The Morgan fingerprint density at radius 3 is 2.62 bits per heavy atom. The molecule has 0 saturated heterocycles. The van der Waals surface area contributed by atoms with E-state index in [0.29, 0.717) is 28.7 Å². The lowest BCUT2D eigenvalue weighted by Gasteiger charge is -2.14. The Balaban J connectivity index is 1.62. The van der Waals surface area contributed by atoms with Crippen LogP contribution in [0.1, 0.15) is 35.7 Å². The topological polar surface area (TPSA) is 55.1 Å². The molecule has 4 heteroatoms. The van der Waals surface area contributed by atoms with Gasteiger partial charge in [0, 0.05) is 17.2 Å². The fourth-order valence-corrected chi connectivity index (χ4v) is 3.12. The van der Waals surface area contributed by atoms with E-state index in [1.165, 1.54) is 18.4 Å². The molecule has 1 unspecified atom stereocenters. The number of rotatable bonds is 5. The lowest BCUT2D eigenvalue weighted by molar-refractivity contribution is 0.0936. The molecule has 1 amide bonds. The Labute approximate surface area is 153 Å². The summed E-state index contributed by atoms with van der Waals surface area (Å²) in [5.41, 5.74) is 3.47. The van der Waals surface area contributed by atoms with Gasteiger partial charge in [-0.15, -0.1) is 0 Å². The van der Waals surface area contributed by atoms with E-state index in [0.717, 1.165) is 5.56 Å². The molecule has 1 N–H and O–H groups in total. The van der Waals surface area contributed by atoms with Crippen molar-refractivity contribution in [3.63, 3.8) is 0 Å². The molecule has 1 aromatic heterocycles. The molecular weight excluding hydrogens is 324 g/mol. The molecule has 4 nitrogen and oxygen atoms in total. The van der Waals surface area contributed by atoms with Crippen LogP contribution in [0.2, 0.25) is 0 Å². The first-order valence-corrected chi connectivity index (χ1v) is 9.05. The van der Waals surface area contributed by atoms with Crippen LogP contribution in [-0.4, -0.2) is 16.9 Å². The predicted molar refractivity (Wildman–Crippen MR) is 102 cm³/mol. The average Bonchev–Trinajstić information content (AvgIpc) is 3.40. The molecule has 0 spiro atoms. The molecule has 2 aromatic carbocycles. The quantitative estimate of drug-likeness (QED) is 0.719. The van der Waals surface area contributed by atoms with Crippen molar-refractivity contribution in [3.8, 4) is 22.8 Å². The van der Waals surface area contributed by atoms with Crippen LogP contribution in [0, 0.1) is 12.8 Å². The summed E-state index contributed by atoms with van der Waals surface area (Å²) in [6.45, 7) is 4.12. The van der Waals surface area contributed by atoms with Gasteiger partial charge in [0.05, 0.1) is 11.8 Å². The molecular formula is C22H22N2O2. The summed E-state index contributed by atoms with van der Waals surface area (Å²) in [6, 6.07) is 15.8. The van der Waals surface area contributed by atoms with Crippen molar-refractivity contribution in [2.24, 2.45) is 5.92 Å². The van der Waals surface area contributed by atoms with E-state index in [4.69, 9.17) is 4.42 Å². The Morgan fingerprint density at radius 2 is 1.88 bits per heavy atom. The molecule has 0 radical (unpaired) electrons. The van der Waals surface area contributed by atoms with Gasteiger partial charge in [-0.25, -0.2) is 4.98 Å². The monoisotopic (exact) mass is 346 g/mol. The zero-order chi connectivity index (χ0) is 18.1. The number of amides is 1. The van der Waals surface area contributed by atoms with Gasteiger partial charge in [0.25, 0.3) is 5.91 Å². The Kier molecular flexibility index (Phi) is 4.33. The highest BCUT2D eigenvalue weighted by Gasteiger charge is 2.29. The van der Waals surface area contributed by atoms with Gasteiger partial charge >= 0.3 is 0 Å². The van der Waals surface area contributed by atoms with Gasteiger partial charge in [0.1, 0.15) is 0 Å². The van der Waals surface area contributed by atoms with Crippen molar-refractivity contribution in [2.75, 3.05) is 0 Å². The summed E-state index contributed by atoms with van der Waals surface area (Å²) in [6.07, 6.45) is 4.10. The average molecular weight is 346 g/mol. The molecule has 1 fully saturated rings. The Bertz CT molecular complexity index is 923. The number of nitrogens with one attached hydrogen (secondary N) is 1. The van der Waals surface area contributed by atoms with Gasteiger partial charge in [0.2, 0.25) is 5.89 Å². The summed E-state index contributed by atoms with van der Waals surface area (Å²) in [5, 5.41) is 3.10. The fraction of sp³-hybridized carbons (Fsp3) is 0.273. The first kappa shape index (κ1) is 16.6. The maximum Gasteiger partial charge on any atom is 0.252 e. The minimum absolute atomic E-state index is 0.0740. The molecule has 0 aliphatic heterocycles. The van der Waals surface area contributed by atoms with Crippen molar-refractivity contribution < 1.29 is 9.21 Å². The van der Waals surface area contributed by atoms with Crippen LogP contribution in [0.15, 0.2) is 59.1 Å². The minimum Gasteiger partial charge on any atom is -0.436 e. The summed E-state index contributed by atoms with van der Waals surface area (Å²) in [7, 11) is 0. The second-order valence-electron chi connectivity index (χ2n) is 7.04. The highest BCUT2D eigenvalue weighted by molar-refractivity contribution is 6.00. The third-order valence-corrected chi connectivity index (χ3v) is 4.93. The van der Waals surface area contributed by atoms with Crippen LogP contribution in [0.5, 0.6) is 0 Å². The van der Waals surface area contributed by atoms with E-state index >= 15 is 0 Å². The summed E-state index contributed by atoms with van der Waals surface area (Å²) < 4.78 is 5.96. The van der Waals surface area contributed by atoms with Gasteiger partial charge < -0.3 is 9.73 Å². The van der Waals surface area contributed by atoms with Crippen molar-refractivity contribution in [1.29, 1.82) is 0 Å². The maximum absolute atomic E-state index is 12.7. The lowest BCUT2D eigenvalue weighted by Crippen LogP contribution is -2.34. The number of carbonyl (C=O) groups excluding carboxylic acids is 1. The fourth-order valence-electron chi connectivity index (χ4n) is 3.12. The van der Waals surface area contributed by atoms with E-state index in [1.54, 1.807) is 6.20 Å². The predicted octanol–water partition coefficient (Wildman–Crippen LogP) is 4.85. The molecule has 4 rings (SSSR count). The second-order valence-corrected chi connectivity index (χ2v) is 7.04. The Morgan fingerprint density at radius 1 is 1.15 bits per heavy atom. The third-order valence-electron chi connectivity index (χ3n) is 4.93. The molecule has 1 heterocycles. The number of benzene rings is 2. The lowest BCUT2D eigenvalue weighted by atomic mass is 10.1. The number of aryl methyl sites for hydroxylation is 1. The van der Waals surface area contributed by atoms with Crippen LogP contribution in [0.25, 0.3) is 22.8 Å². The number of aromatic nitrogens is 1. The minimum atomic E-state index is -0.0740. The molecule has 0 bridgehead atoms. The van der Waals surface area contributed by atoms with Crippen molar-refractivity contribution in [2.45, 2.75) is 32.7 Å². The number of nitrogens with zero attached hydrogens (tertiary/aromatic N) is 1. The molecule has 1 aliphatic rings. The zero-order valence-corrected chi connectivity index (χ0v) is 15.0. The van der Waals surface area contributed by atoms with E-state index < -0.39 is 0 Å². The molecule has 132 valence electrons. The highest BCUT2D eigenvalue weighted by Crippen LogP contribution is 2.33. The molecule has 3 aromatic rings. The standard InChI is InChI=1S/C22H22N2O2/c1-14-7-9-17(10-8-14)20-13-23-22(26-20)19-6-4-3-5-18(19)21(25)24-15(2)16-11-12-16/h3-10,13,15-16H,11-12H2,1-2H3,(H,24,25). The van der Waals surface area contributed by atoms with Gasteiger partial charge in [0.15, 0.2) is 5.76 Å². The highest BCUT2D eigenvalue weighted by atomic mass is 16.4. The van der Waals surface area contributed by atoms with Crippen LogP contribution in [0.4, 0.5) is 0 Å². The van der Waals surface area contributed by atoms with Gasteiger partial charge in [-0.3, -0.25) is 4.79 Å². The normalized spacial score (nSPS) is 14.8. The van der Waals surface area contributed by atoms with Gasteiger partial charge in [-0.05, 0) is 44.7 Å². The van der Waals surface area contributed by atoms with Gasteiger partial charge in [-0.2, -0.15) is 0 Å². The number of hydrogen-bond donors (Lipinski definition) is 1. The van der Waals surface area contributed by atoms with Gasteiger partial charge in [-0.1, -0.05) is 42.0 Å². The second kappa shape index (κ2) is 6.79. The van der Waals surface area contributed by atoms with Crippen molar-refractivity contribution in [1.82, 2.24) is 10.3 Å². The molecule has 26 heavy (non-hydrogen) atoms. The number of hydrogen-bond acceptors (Lipinski definition) is 3. The third kappa shape index (κ3) is 3.40. The maximum atomic E-state index is 12.7. The first-order valence-electron chi connectivity index (χ1n) is 9.05.